The number of rotatable bonds is 11. The van der Waals surface area contributed by atoms with E-state index in [0.717, 1.165) is 11.6 Å². The van der Waals surface area contributed by atoms with Crippen LogP contribution in [0, 0.1) is 10.1 Å². The maximum Gasteiger partial charge on any atom is 0.293 e. The molecule has 0 radical (unpaired) electrons. The van der Waals surface area contributed by atoms with Crippen LogP contribution >= 0.6 is 11.8 Å². The van der Waals surface area contributed by atoms with E-state index in [4.69, 9.17) is 4.74 Å². The molecule has 2 N–H and O–H groups in total. The molecule has 0 bridgehead atoms. The first-order chi connectivity index (χ1) is 16.3. The van der Waals surface area contributed by atoms with Gasteiger partial charge in [0.15, 0.2) is 0 Å². The molecule has 3 rings (SSSR count). The number of carbonyl (C=O) groups is 1. The van der Waals surface area contributed by atoms with Crippen LogP contribution in [-0.2, 0) is 26.1 Å². The summed E-state index contributed by atoms with van der Waals surface area (Å²) in [5.41, 5.74) is 0.620. The van der Waals surface area contributed by atoms with Crippen molar-refractivity contribution < 1.29 is 22.9 Å². The molecular formula is C22H28N4O6S2. The Kier molecular flexibility index (Phi) is 9.28. The zero-order valence-corrected chi connectivity index (χ0v) is 20.4. The minimum absolute atomic E-state index is 0.0897. The lowest BCUT2D eigenvalue weighted by Gasteiger charge is -2.26. The summed E-state index contributed by atoms with van der Waals surface area (Å²) < 4.78 is 32.3. The second kappa shape index (κ2) is 12.2. The summed E-state index contributed by atoms with van der Waals surface area (Å²) in [6.07, 6.45) is 2.35. The quantitative estimate of drug-likeness (QED) is 0.350. The molecule has 10 nitrogen and oxygen atoms in total. The molecule has 0 spiro atoms. The fourth-order valence-corrected chi connectivity index (χ4v) is 5.38. The molecule has 2 aromatic rings. The van der Waals surface area contributed by atoms with Crippen LogP contribution in [0.3, 0.4) is 0 Å². The lowest BCUT2D eigenvalue weighted by molar-refractivity contribution is -0.384. The summed E-state index contributed by atoms with van der Waals surface area (Å²) in [5.74, 6) is 0.366. The third kappa shape index (κ3) is 6.69. The molecule has 1 aliphatic rings. The Labute approximate surface area is 203 Å². The number of ether oxygens (including phenoxy) is 1. The monoisotopic (exact) mass is 508 g/mol. The van der Waals surface area contributed by atoms with E-state index < -0.39 is 26.7 Å². The van der Waals surface area contributed by atoms with Crippen LogP contribution in [0.25, 0.3) is 0 Å². The smallest absolute Gasteiger partial charge is 0.293 e. The van der Waals surface area contributed by atoms with Crippen LogP contribution in [-0.4, -0.2) is 67.9 Å². The van der Waals surface area contributed by atoms with Crippen molar-refractivity contribution in [2.75, 3.05) is 43.6 Å². The third-order valence-electron chi connectivity index (χ3n) is 5.34. The molecule has 1 saturated heterocycles. The number of morpholine rings is 1. The number of nitrogens with one attached hydrogen (secondary N) is 2. The van der Waals surface area contributed by atoms with Gasteiger partial charge in [-0.3, -0.25) is 14.9 Å². The Morgan fingerprint density at radius 1 is 1.21 bits per heavy atom. The van der Waals surface area contributed by atoms with Crippen molar-refractivity contribution in [2.24, 2.45) is 0 Å². The number of benzene rings is 2. The fraction of sp³-hybridized carbons (Fsp3) is 0.409. The number of nitro benzene ring substituents is 1. The summed E-state index contributed by atoms with van der Waals surface area (Å²) >= 11 is 1.56. The number of hydrogen-bond acceptors (Lipinski definition) is 8. The topological polar surface area (TPSA) is 131 Å². The van der Waals surface area contributed by atoms with Crippen LogP contribution < -0.4 is 10.6 Å². The van der Waals surface area contributed by atoms with Crippen molar-refractivity contribution in [3.05, 3.63) is 64.2 Å². The highest BCUT2D eigenvalue weighted by molar-refractivity contribution is 7.98. The Morgan fingerprint density at radius 3 is 2.56 bits per heavy atom. The summed E-state index contributed by atoms with van der Waals surface area (Å²) in [4.78, 5) is 23.8. The van der Waals surface area contributed by atoms with E-state index in [0.29, 0.717) is 18.7 Å². The van der Waals surface area contributed by atoms with Crippen LogP contribution in [0.15, 0.2) is 53.4 Å². The highest BCUT2D eigenvalue weighted by atomic mass is 32.2. The van der Waals surface area contributed by atoms with E-state index in [1.54, 1.807) is 11.8 Å². The van der Waals surface area contributed by atoms with Gasteiger partial charge in [-0.05, 0) is 36.1 Å². The van der Waals surface area contributed by atoms with Gasteiger partial charge in [0.25, 0.3) is 5.69 Å². The zero-order chi connectivity index (χ0) is 24.6. The molecule has 1 atom stereocenters. The van der Waals surface area contributed by atoms with Gasteiger partial charge in [-0.2, -0.15) is 16.1 Å². The van der Waals surface area contributed by atoms with E-state index in [1.807, 2.05) is 36.6 Å². The molecule has 0 aromatic heterocycles. The summed E-state index contributed by atoms with van der Waals surface area (Å²) in [5, 5.41) is 17.6. The van der Waals surface area contributed by atoms with Crippen molar-refractivity contribution >= 4 is 39.1 Å². The van der Waals surface area contributed by atoms with Crippen LogP contribution in [0.1, 0.15) is 12.0 Å². The Bertz CT molecular complexity index is 1090. The van der Waals surface area contributed by atoms with E-state index >= 15 is 0 Å². The average molecular weight is 509 g/mol. The van der Waals surface area contributed by atoms with Crippen LogP contribution in [0.5, 0.6) is 0 Å². The van der Waals surface area contributed by atoms with Gasteiger partial charge in [-0.15, -0.1) is 0 Å². The normalized spacial score (nSPS) is 15.4. The number of thioether (sulfide) groups is 1. The molecule has 0 saturated carbocycles. The SMILES string of the molecule is CSCCC(Nc1ccc(S(=O)(=O)N2CCOCC2)cc1[N+](=O)[O-])C(=O)NCc1ccccc1. The Balaban J connectivity index is 1.80. The molecule has 1 unspecified atom stereocenters. The first-order valence-electron chi connectivity index (χ1n) is 10.8. The lowest BCUT2D eigenvalue weighted by Crippen LogP contribution is -2.40. The number of sulfonamides is 1. The zero-order valence-electron chi connectivity index (χ0n) is 18.8. The van der Waals surface area contributed by atoms with Gasteiger partial charge in [-0.1, -0.05) is 30.3 Å². The molecular weight excluding hydrogens is 480 g/mol. The van der Waals surface area contributed by atoms with Gasteiger partial charge in [0, 0.05) is 25.7 Å². The molecule has 12 heteroatoms. The standard InChI is InChI=1S/C22H28N4O6S2/c1-33-14-9-20(22(27)23-16-17-5-3-2-4-6-17)24-19-8-7-18(15-21(19)26(28)29)34(30,31)25-10-12-32-13-11-25/h2-8,15,20,24H,9-14,16H2,1H3,(H,23,27). The molecule has 34 heavy (non-hydrogen) atoms. The van der Waals surface area contributed by atoms with Crippen molar-refractivity contribution in [3.63, 3.8) is 0 Å². The van der Waals surface area contributed by atoms with Gasteiger partial charge in [0.1, 0.15) is 11.7 Å². The number of carbonyl (C=O) groups excluding carboxylic acids is 1. The predicted molar refractivity (Wildman–Crippen MR) is 131 cm³/mol. The van der Waals surface area contributed by atoms with Crippen LogP contribution in [0.4, 0.5) is 11.4 Å². The number of anilines is 1. The molecule has 1 fully saturated rings. The van der Waals surface area contributed by atoms with E-state index in [9.17, 15) is 23.3 Å². The van der Waals surface area contributed by atoms with Crippen molar-refractivity contribution in [2.45, 2.75) is 23.9 Å². The maximum absolute atomic E-state index is 12.9. The largest absolute Gasteiger partial charge is 0.379 e. The third-order valence-corrected chi connectivity index (χ3v) is 7.88. The molecule has 1 amide bonds. The van der Waals surface area contributed by atoms with Crippen LogP contribution in [0.2, 0.25) is 0 Å². The number of nitro groups is 1. The number of amides is 1. The number of hydrogen-bond donors (Lipinski definition) is 2. The maximum atomic E-state index is 12.9. The first kappa shape index (κ1) is 25.9. The summed E-state index contributed by atoms with van der Waals surface area (Å²) in [7, 11) is -3.89. The minimum atomic E-state index is -3.89. The first-order valence-corrected chi connectivity index (χ1v) is 13.6. The minimum Gasteiger partial charge on any atom is -0.379 e. The van der Waals surface area contributed by atoms with E-state index in [1.165, 1.54) is 16.4 Å². The van der Waals surface area contributed by atoms with Gasteiger partial charge in [0.05, 0.1) is 23.0 Å². The summed E-state index contributed by atoms with van der Waals surface area (Å²) in [6.45, 7) is 1.26. The van der Waals surface area contributed by atoms with Gasteiger partial charge in [-0.25, -0.2) is 8.42 Å². The second-order valence-corrected chi connectivity index (χ2v) is 10.6. The van der Waals surface area contributed by atoms with Gasteiger partial charge in [0.2, 0.25) is 15.9 Å². The van der Waals surface area contributed by atoms with E-state index in [-0.39, 0.29) is 42.8 Å². The molecule has 2 aromatic carbocycles. The van der Waals surface area contributed by atoms with Crippen molar-refractivity contribution in [1.82, 2.24) is 9.62 Å². The highest BCUT2D eigenvalue weighted by Crippen LogP contribution is 2.30. The van der Waals surface area contributed by atoms with Gasteiger partial charge < -0.3 is 15.4 Å². The Morgan fingerprint density at radius 2 is 1.91 bits per heavy atom. The molecule has 1 heterocycles. The molecule has 0 aliphatic carbocycles. The summed E-state index contributed by atoms with van der Waals surface area (Å²) in [6, 6.07) is 12.4. The Hall–Kier alpha value is -2.67. The van der Waals surface area contributed by atoms with E-state index in [2.05, 4.69) is 10.6 Å². The number of nitrogens with zero attached hydrogens (tertiary/aromatic N) is 2. The predicted octanol–water partition coefficient (Wildman–Crippen LogP) is 2.47. The highest BCUT2D eigenvalue weighted by Gasteiger charge is 2.30. The second-order valence-electron chi connectivity index (χ2n) is 7.63. The fourth-order valence-electron chi connectivity index (χ4n) is 3.48. The van der Waals surface area contributed by atoms with Gasteiger partial charge >= 0.3 is 0 Å². The van der Waals surface area contributed by atoms with Crippen molar-refractivity contribution in [1.29, 1.82) is 0 Å². The lowest BCUT2D eigenvalue weighted by atomic mass is 10.1. The van der Waals surface area contributed by atoms with Crippen molar-refractivity contribution in [3.8, 4) is 0 Å². The average Bonchev–Trinajstić information content (AvgIpc) is 2.86. The molecule has 184 valence electrons. The molecule has 1 aliphatic heterocycles.